The minimum Gasteiger partial charge on any atom is -0.358 e. The quantitative estimate of drug-likeness (QED) is 0.701. The Morgan fingerprint density at radius 3 is 2.04 bits per heavy atom. The molecule has 0 saturated heterocycles. The molecule has 0 saturated carbocycles. The summed E-state index contributed by atoms with van der Waals surface area (Å²) in [5, 5.41) is 0.988. The Kier molecular flexibility index (Phi) is 3.46. The maximum Gasteiger partial charge on any atom is 0.172 e. The molecule has 0 unspecified atom stereocenters. The van der Waals surface area contributed by atoms with Gasteiger partial charge in [0.2, 0.25) is 0 Å². The summed E-state index contributed by atoms with van der Waals surface area (Å²) in [7, 11) is 0. The molecule has 3 nitrogen and oxygen atoms in total. The molecule has 1 aliphatic rings. The molecule has 25 heavy (non-hydrogen) atoms. The molecular formula is C22H19NO2. The lowest BCUT2D eigenvalue weighted by atomic mass is 9.89. The second kappa shape index (κ2) is 5.55. The van der Waals surface area contributed by atoms with E-state index in [1.54, 1.807) is 0 Å². The minimum atomic E-state index is -0.0875. The van der Waals surface area contributed by atoms with Gasteiger partial charge in [0.25, 0.3) is 0 Å². The molecule has 0 radical (unpaired) electrons. The zero-order valence-corrected chi connectivity index (χ0v) is 14.6. The number of hydrogen-bond acceptors (Lipinski definition) is 2. The number of carbonyl (C=O) groups is 2. The first kappa shape index (κ1) is 15.6. The summed E-state index contributed by atoms with van der Waals surface area (Å²) in [6.07, 6.45) is -0.0443. The molecule has 0 atom stereocenters. The van der Waals surface area contributed by atoms with Crippen LogP contribution in [0.5, 0.6) is 0 Å². The van der Waals surface area contributed by atoms with Crippen molar-refractivity contribution in [3.05, 3.63) is 70.4 Å². The van der Waals surface area contributed by atoms with Crippen LogP contribution < -0.4 is 0 Å². The van der Waals surface area contributed by atoms with Gasteiger partial charge >= 0.3 is 0 Å². The second-order valence-electron chi connectivity index (χ2n) is 6.71. The minimum absolute atomic E-state index is 0.0443. The number of aromatic nitrogens is 1. The van der Waals surface area contributed by atoms with E-state index >= 15 is 0 Å². The summed E-state index contributed by atoms with van der Waals surface area (Å²) < 4.78 is 0. The van der Waals surface area contributed by atoms with Crippen molar-refractivity contribution in [1.82, 2.24) is 4.98 Å². The van der Waals surface area contributed by atoms with Crippen LogP contribution in [0.3, 0.4) is 0 Å². The van der Waals surface area contributed by atoms with E-state index in [9.17, 15) is 9.59 Å². The average molecular weight is 329 g/mol. The SMILES string of the molecule is Cc1cccc(C)c1C1=C(c2c(C)[nH]c3ccccc23)C(=O)CC1=O. The van der Waals surface area contributed by atoms with Crippen LogP contribution in [-0.2, 0) is 9.59 Å². The molecule has 124 valence electrons. The van der Waals surface area contributed by atoms with Gasteiger partial charge in [-0.05, 0) is 43.5 Å². The number of carbonyl (C=O) groups excluding carboxylic acids is 2. The molecule has 3 aromatic rings. The molecule has 1 heterocycles. The summed E-state index contributed by atoms with van der Waals surface area (Å²) in [6.45, 7) is 5.94. The zero-order chi connectivity index (χ0) is 17.7. The Morgan fingerprint density at radius 2 is 1.36 bits per heavy atom. The summed E-state index contributed by atoms with van der Waals surface area (Å²) in [5.74, 6) is -0.169. The number of aryl methyl sites for hydroxylation is 3. The summed E-state index contributed by atoms with van der Waals surface area (Å²) in [5.41, 5.74) is 6.85. The lowest BCUT2D eigenvalue weighted by molar-refractivity contribution is -0.119. The molecule has 3 heteroatoms. The second-order valence-corrected chi connectivity index (χ2v) is 6.71. The topological polar surface area (TPSA) is 49.9 Å². The van der Waals surface area contributed by atoms with Crippen LogP contribution >= 0.6 is 0 Å². The predicted molar refractivity (Wildman–Crippen MR) is 100 cm³/mol. The number of aromatic amines is 1. The normalized spacial score (nSPS) is 14.8. The number of hydrogen-bond donors (Lipinski definition) is 1. The van der Waals surface area contributed by atoms with Gasteiger partial charge in [-0.2, -0.15) is 0 Å². The number of nitrogens with one attached hydrogen (secondary N) is 1. The monoisotopic (exact) mass is 329 g/mol. The van der Waals surface area contributed by atoms with E-state index in [1.165, 1.54) is 0 Å². The van der Waals surface area contributed by atoms with Crippen LogP contribution in [0, 0.1) is 20.8 Å². The Bertz CT molecular complexity index is 1060. The van der Waals surface area contributed by atoms with Crippen LogP contribution in [-0.4, -0.2) is 16.6 Å². The van der Waals surface area contributed by atoms with E-state index in [2.05, 4.69) is 4.98 Å². The molecule has 1 aromatic heterocycles. The van der Waals surface area contributed by atoms with Gasteiger partial charge in [0, 0.05) is 33.3 Å². The third-order valence-corrected chi connectivity index (χ3v) is 5.00. The molecule has 4 rings (SSSR count). The van der Waals surface area contributed by atoms with Gasteiger partial charge in [0.1, 0.15) is 0 Å². The van der Waals surface area contributed by atoms with Crippen molar-refractivity contribution in [2.75, 3.05) is 0 Å². The van der Waals surface area contributed by atoms with Crippen molar-refractivity contribution < 1.29 is 9.59 Å². The van der Waals surface area contributed by atoms with Gasteiger partial charge in [-0.15, -0.1) is 0 Å². The van der Waals surface area contributed by atoms with E-state index in [4.69, 9.17) is 0 Å². The van der Waals surface area contributed by atoms with E-state index in [0.29, 0.717) is 11.1 Å². The van der Waals surface area contributed by atoms with Crippen LogP contribution in [0.25, 0.3) is 22.0 Å². The number of allylic oxidation sites excluding steroid dienone is 2. The molecule has 1 aliphatic carbocycles. The molecule has 0 bridgehead atoms. The Hall–Kier alpha value is -2.94. The van der Waals surface area contributed by atoms with Gasteiger partial charge < -0.3 is 4.98 Å². The van der Waals surface area contributed by atoms with Crippen molar-refractivity contribution in [3.8, 4) is 0 Å². The first-order chi connectivity index (χ1) is 12.0. The highest BCUT2D eigenvalue weighted by Gasteiger charge is 2.35. The van der Waals surface area contributed by atoms with Crippen molar-refractivity contribution in [2.24, 2.45) is 0 Å². The standard InChI is InChI=1S/C22H19NO2/c1-12-7-6-8-13(2)19(12)21-17(24)11-18(25)22(21)20-14(3)23-16-10-5-4-9-15(16)20/h4-10,23H,11H2,1-3H3. The van der Waals surface area contributed by atoms with E-state index in [0.717, 1.165) is 38.9 Å². The van der Waals surface area contributed by atoms with E-state index < -0.39 is 0 Å². The number of Topliss-reactive ketones (excluding diaryl/α,β-unsaturated/α-hetero) is 2. The number of para-hydroxylation sites is 1. The molecule has 0 fully saturated rings. The van der Waals surface area contributed by atoms with Gasteiger partial charge in [0.15, 0.2) is 11.6 Å². The van der Waals surface area contributed by atoms with Gasteiger partial charge in [0.05, 0.1) is 6.42 Å². The molecule has 2 aromatic carbocycles. The summed E-state index contributed by atoms with van der Waals surface area (Å²) >= 11 is 0. The molecule has 0 spiro atoms. The number of fused-ring (bicyclic) bond motifs is 1. The molecule has 0 amide bonds. The predicted octanol–water partition coefficient (Wildman–Crippen LogP) is 4.55. The number of ketones is 2. The largest absolute Gasteiger partial charge is 0.358 e. The summed E-state index contributed by atoms with van der Waals surface area (Å²) in [4.78, 5) is 28.9. The average Bonchev–Trinajstić information content (AvgIpc) is 3.03. The maximum atomic E-state index is 12.8. The third-order valence-electron chi connectivity index (χ3n) is 5.00. The van der Waals surface area contributed by atoms with Crippen molar-refractivity contribution in [3.63, 3.8) is 0 Å². The van der Waals surface area contributed by atoms with Gasteiger partial charge in [-0.3, -0.25) is 9.59 Å². The first-order valence-corrected chi connectivity index (χ1v) is 8.44. The van der Waals surface area contributed by atoms with Gasteiger partial charge in [-0.1, -0.05) is 36.4 Å². The lowest BCUT2D eigenvalue weighted by Gasteiger charge is -2.12. The number of rotatable bonds is 2. The fourth-order valence-corrected chi connectivity index (χ4v) is 3.94. The smallest absolute Gasteiger partial charge is 0.172 e. The van der Waals surface area contributed by atoms with Crippen LogP contribution in [0.4, 0.5) is 0 Å². The van der Waals surface area contributed by atoms with Crippen molar-refractivity contribution >= 4 is 33.6 Å². The molecule has 1 N–H and O–H groups in total. The zero-order valence-electron chi connectivity index (χ0n) is 14.6. The Labute approximate surface area is 146 Å². The number of benzene rings is 2. The van der Waals surface area contributed by atoms with Crippen LogP contribution in [0.15, 0.2) is 42.5 Å². The van der Waals surface area contributed by atoms with Crippen LogP contribution in [0.1, 0.15) is 34.4 Å². The highest BCUT2D eigenvalue weighted by molar-refractivity contribution is 6.52. The third kappa shape index (κ3) is 2.27. The fraction of sp³-hybridized carbons (Fsp3) is 0.182. The highest BCUT2D eigenvalue weighted by Crippen LogP contribution is 2.41. The molecular weight excluding hydrogens is 310 g/mol. The van der Waals surface area contributed by atoms with Crippen molar-refractivity contribution in [2.45, 2.75) is 27.2 Å². The van der Waals surface area contributed by atoms with Crippen LogP contribution in [0.2, 0.25) is 0 Å². The highest BCUT2D eigenvalue weighted by atomic mass is 16.2. The first-order valence-electron chi connectivity index (χ1n) is 8.44. The Balaban J connectivity index is 2.12. The lowest BCUT2D eigenvalue weighted by Crippen LogP contribution is -2.01. The maximum absolute atomic E-state index is 12.8. The number of H-pyrrole nitrogens is 1. The van der Waals surface area contributed by atoms with E-state index in [-0.39, 0.29) is 18.0 Å². The summed E-state index contributed by atoms with van der Waals surface area (Å²) in [6, 6.07) is 13.9. The van der Waals surface area contributed by atoms with Crippen molar-refractivity contribution in [1.29, 1.82) is 0 Å². The van der Waals surface area contributed by atoms with Gasteiger partial charge in [-0.25, -0.2) is 0 Å². The van der Waals surface area contributed by atoms with E-state index in [1.807, 2.05) is 63.2 Å². The Morgan fingerprint density at radius 1 is 0.760 bits per heavy atom. The molecule has 0 aliphatic heterocycles. The fourth-order valence-electron chi connectivity index (χ4n) is 3.94.